The van der Waals surface area contributed by atoms with Gasteiger partial charge < -0.3 is 5.11 Å². The number of halogens is 3. The fraction of sp³-hybridized carbons (Fsp3) is 0.143. The molecule has 0 aliphatic rings. The van der Waals surface area contributed by atoms with Crippen molar-refractivity contribution in [3.8, 4) is 5.69 Å². The number of hydrogen-bond acceptors (Lipinski definition) is 3. The Bertz CT molecular complexity index is 1280. The topological polar surface area (TPSA) is 60.0 Å². The van der Waals surface area contributed by atoms with Crippen molar-refractivity contribution in [1.29, 1.82) is 0 Å². The van der Waals surface area contributed by atoms with E-state index < -0.39 is 11.8 Å². The average Bonchev–Trinajstić information content (AvgIpc) is 3.29. The van der Waals surface area contributed by atoms with Gasteiger partial charge in [-0.25, -0.2) is 9.18 Å². The van der Waals surface area contributed by atoms with Gasteiger partial charge in [0.1, 0.15) is 4.60 Å². The van der Waals surface area contributed by atoms with Crippen LogP contribution in [0.5, 0.6) is 0 Å². The molecule has 0 aliphatic heterocycles. The molecule has 2 aromatic heterocycles. The van der Waals surface area contributed by atoms with Crippen LogP contribution in [0.3, 0.4) is 0 Å². The lowest BCUT2D eigenvalue weighted by Crippen LogP contribution is -2.00. The molecule has 0 bridgehead atoms. The zero-order valence-corrected chi connectivity index (χ0v) is 19.1. The number of carboxylic acid groups (broad SMARTS) is 1. The monoisotopic (exact) mass is 507 g/mol. The van der Waals surface area contributed by atoms with Gasteiger partial charge in [0.15, 0.2) is 5.82 Å². The fourth-order valence-corrected chi connectivity index (χ4v) is 5.14. The van der Waals surface area contributed by atoms with E-state index >= 15 is 4.39 Å². The second-order valence-corrected chi connectivity index (χ2v) is 9.16. The Labute approximate surface area is 189 Å². The standard InChI is InChI=1S/C21H16BrClFN3O2S/c1-11(2)26-10-13(9-25-26)27-18-15(6-7-16(23)17(18)24)19(20(27)22)30-14-5-3-4-12(8-14)21(28)29/h3-11H,1-2H3,(H,28,29). The van der Waals surface area contributed by atoms with Crippen molar-refractivity contribution in [2.24, 2.45) is 0 Å². The van der Waals surface area contributed by atoms with E-state index in [4.69, 9.17) is 11.6 Å². The molecule has 0 saturated carbocycles. The minimum absolute atomic E-state index is 0.0226. The zero-order chi connectivity index (χ0) is 21.6. The molecule has 0 atom stereocenters. The molecule has 30 heavy (non-hydrogen) atoms. The molecule has 1 N–H and O–H groups in total. The van der Waals surface area contributed by atoms with Crippen molar-refractivity contribution in [2.45, 2.75) is 29.7 Å². The van der Waals surface area contributed by atoms with Crippen LogP contribution >= 0.6 is 39.3 Å². The van der Waals surface area contributed by atoms with Gasteiger partial charge in [0.2, 0.25) is 0 Å². The van der Waals surface area contributed by atoms with E-state index in [9.17, 15) is 9.90 Å². The normalized spacial score (nSPS) is 11.5. The third-order valence-electron chi connectivity index (χ3n) is 4.60. The van der Waals surface area contributed by atoms with Gasteiger partial charge in [0, 0.05) is 22.5 Å². The number of aromatic carboxylic acids is 1. The van der Waals surface area contributed by atoms with E-state index in [1.54, 1.807) is 33.6 Å². The molecule has 154 valence electrons. The number of aromatic nitrogens is 3. The van der Waals surface area contributed by atoms with Crippen LogP contribution in [0.25, 0.3) is 16.6 Å². The highest BCUT2D eigenvalue weighted by molar-refractivity contribution is 9.10. The predicted octanol–water partition coefficient (Wildman–Crippen LogP) is 6.81. The van der Waals surface area contributed by atoms with Gasteiger partial charge in [-0.05, 0) is 60.1 Å². The average molecular weight is 509 g/mol. The van der Waals surface area contributed by atoms with Crippen molar-refractivity contribution < 1.29 is 14.3 Å². The highest BCUT2D eigenvalue weighted by Crippen LogP contribution is 2.44. The molecule has 0 amide bonds. The molecule has 0 radical (unpaired) electrons. The first-order chi connectivity index (χ1) is 14.3. The Morgan fingerprint density at radius 1 is 1.30 bits per heavy atom. The minimum atomic E-state index is -1.00. The molecule has 0 fully saturated rings. The van der Waals surface area contributed by atoms with E-state index in [-0.39, 0.29) is 16.6 Å². The third-order valence-corrected chi connectivity index (χ3v) is 7.01. The number of fused-ring (bicyclic) bond motifs is 1. The van der Waals surface area contributed by atoms with Crippen LogP contribution in [0.4, 0.5) is 4.39 Å². The number of carboxylic acids is 1. The largest absolute Gasteiger partial charge is 0.478 e. The zero-order valence-electron chi connectivity index (χ0n) is 15.9. The summed E-state index contributed by atoms with van der Waals surface area (Å²) in [5.74, 6) is -1.53. The first-order valence-corrected chi connectivity index (χ1v) is 11.0. The van der Waals surface area contributed by atoms with E-state index in [0.717, 1.165) is 9.79 Å². The van der Waals surface area contributed by atoms with Crippen LogP contribution in [0.2, 0.25) is 5.02 Å². The molecule has 0 aliphatic carbocycles. The first kappa shape index (κ1) is 21.0. The summed E-state index contributed by atoms with van der Waals surface area (Å²) in [7, 11) is 0. The van der Waals surface area contributed by atoms with Crippen molar-refractivity contribution in [3.63, 3.8) is 0 Å². The lowest BCUT2D eigenvalue weighted by Gasteiger charge is -2.07. The van der Waals surface area contributed by atoms with Gasteiger partial charge in [-0.2, -0.15) is 5.10 Å². The number of hydrogen-bond donors (Lipinski definition) is 1. The number of rotatable bonds is 5. The molecule has 5 nitrogen and oxygen atoms in total. The molecule has 4 rings (SSSR count). The predicted molar refractivity (Wildman–Crippen MR) is 120 cm³/mol. The van der Waals surface area contributed by atoms with Crippen LogP contribution in [0.15, 0.2) is 63.2 Å². The van der Waals surface area contributed by atoms with E-state index in [2.05, 4.69) is 21.0 Å². The molecule has 0 spiro atoms. The summed E-state index contributed by atoms with van der Waals surface area (Å²) in [6.07, 6.45) is 3.51. The van der Waals surface area contributed by atoms with Crippen LogP contribution < -0.4 is 0 Å². The van der Waals surface area contributed by atoms with Crippen LogP contribution in [0.1, 0.15) is 30.2 Å². The van der Waals surface area contributed by atoms with E-state index in [0.29, 0.717) is 21.2 Å². The number of benzene rings is 2. The van der Waals surface area contributed by atoms with Gasteiger partial charge in [-0.1, -0.05) is 29.4 Å². The van der Waals surface area contributed by atoms with Gasteiger partial charge in [0.25, 0.3) is 0 Å². The SMILES string of the molecule is CC(C)n1cc(-n2c(Br)c(Sc3cccc(C(=O)O)c3)c3ccc(Cl)c(F)c32)cn1. The maximum Gasteiger partial charge on any atom is 0.335 e. The highest BCUT2D eigenvalue weighted by Gasteiger charge is 2.23. The fourth-order valence-electron chi connectivity index (χ4n) is 3.13. The second kappa shape index (κ2) is 8.09. The summed E-state index contributed by atoms with van der Waals surface area (Å²) in [6, 6.07) is 10.1. The Morgan fingerprint density at radius 3 is 2.73 bits per heavy atom. The quantitative estimate of drug-likeness (QED) is 0.322. The molecular formula is C21H16BrClFN3O2S. The second-order valence-electron chi connectivity index (χ2n) is 6.92. The van der Waals surface area contributed by atoms with Crippen molar-refractivity contribution in [3.05, 3.63) is 69.8 Å². The van der Waals surface area contributed by atoms with Crippen molar-refractivity contribution in [1.82, 2.24) is 14.3 Å². The van der Waals surface area contributed by atoms with Crippen LogP contribution in [-0.4, -0.2) is 25.4 Å². The maximum absolute atomic E-state index is 15.1. The molecule has 2 heterocycles. The lowest BCUT2D eigenvalue weighted by atomic mass is 10.2. The Kier molecular flexibility index (Phi) is 5.65. The molecular weight excluding hydrogens is 493 g/mol. The van der Waals surface area contributed by atoms with Gasteiger partial charge in [-0.3, -0.25) is 9.25 Å². The summed E-state index contributed by atoms with van der Waals surface area (Å²) in [5, 5.41) is 14.3. The third kappa shape index (κ3) is 3.64. The first-order valence-electron chi connectivity index (χ1n) is 9.01. The summed E-state index contributed by atoms with van der Waals surface area (Å²) < 4.78 is 19.3. The molecule has 2 aromatic carbocycles. The summed E-state index contributed by atoms with van der Waals surface area (Å²) in [5.41, 5.74) is 1.20. The smallest absolute Gasteiger partial charge is 0.335 e. The van der Waals surface area contributed by atoms with E-state index in [1.165, 1.54) is 23.9 Å². The molecule has 0 saturated heterocycles. The number of carbonyl (C=O) groups is 1. The lowest BCUT2D eigenvalue weighted by molar-refractivity contribution is 0.0696. The van der Waals surface area contributed by atoms with Crippen molar-refractivity contribution in [2.75, 3.05) is 0 Å². The summed E-state index contributed by atoms with van der Waals surface area (Å²) in [4.78, 5) is 12.8. The van der Waals surface area contributed by atoms with Gasteiger partial charge in [-0.15, -0.1) is 0 Å². The molecule has 9 heteroatoms. The van der Waals surface area contributed by atoms with Crippen LogP contribution in [-0.2, 0) is 0 Å². The Hall–Kier alpha value is -2.29. The van der Waals surface area contributed by atoms with E-state index in [1.807, 2.05) is 26.1 Å². The summed E-state index contributed by atoms with van der Waals surface area (Å²) >= 11 is 11.1. The van der Waals surface area contributed by atoms with Crippen molar-refractivity contribution >= 4 is 56.2 Å². The van der Waals surface area contributed by atoms with Gasteiger partial charge >= 0.3 is 5.97 Å². The number of nitrogens with zero attached hydrogens (tertiary/aromatic N) is 3. The maximum atomic E-state index is 15.1. The highest BCUT2D eigenvalue weighted by atomic mass is 79.9. The Balaban J connectivity index is 1.93. The summed E-state index contributed by atoms with van der Waals surface area (Å²) in [6.45, 7) is 4.02. The molecule has 4 aromatic rings. The van der Waals surface area contributed by atoms with Crippen LogP contribution in [0, 0.1) is 5.82 Å². The van der Waals surface area contributed by atoms with Gasteiger partial charge in [0.05, 0.1) is 32.9 Å². The Morgan fingerprint density at radius 2 is 2.07 bits per heavy atom. The molecule has 0 unspecified atom stereocenters. The minimum Gasteiger partial charge on any atom is -0.478 e.